The van der Waals surface area contributed by atoms with Crippen molar-refractivity contribution in [3.05, 3.63) is 54.1 Å². The van der Waals surface area contributed by atoms with E-state index in [1.807, 2.05) is 57.2 Å². The minimum atomic E-state index is -0.340. The van der Waals surface area contributed by atoms with Gasteiger partial charge in [-0.25, -0.2) is 0 Å². The minimum absolute atomic E-state index is 0.183. The Labute approximate surface area is 152 Å². The molecule has 0 atom stereocenters. The predicted molar refractivity (Wildman–Crippen MR) is 98.9 cm³/mol. The maximum absolute atomic E-state index is 12.6. The van der Waals surface area contributed by atoms with Crippen LogP contribution in [0.2, 0.25) is 0 Å². The van der Waals surface area contributed by atoms with Gasteiger partial charge in [0.05, 0.1) is 18.2 Å². The van der Waals surface area contributed by atoms with Gasteiger partial charge in [-0.2, -0.15) is 4.98 Å². The van der Waals surface area contributed by atoms with Crippen molar-refractivity contribution in [2.75, 3.05) is 7.11 Å². The summed E-state index contributed by atoms with van der Waals surface area (Å²) >= 11 is 0. The smallest absolute Gasteiger partial charge is 0.259 e. The van der Waals surface area contributed by atoms with Gasteiger partial charge in [-0.05, 0) is 57.2 Å². The van der Waals surface area contributed by atoms with Crippen LogP contribution in [-0.2, 0) is 0 Å². The molecule has 1 N–H and O–H groups in total. The molecule has 26 heavy (non-hydrogen) atoms. The van der Waals surface area contributed by atoms with E-state index < -0.39 is 0 Å². The van der Waals surface area contributed by atoms with Crippen LogP contribution in [0.15, 0.2) is 53.1 Å². The zero-order valence-electron chi connectivity index (χ0n) is 15.2. The monoisotopic (exact) mass is 351 g/mol. The van der Waals surface area contributed by atoms with Gasteiger partial charge < -0.3 is 14.6 Å². The molecular formula is C20H21N3O3. The molecule has 0 aliphatic carbocycles. The van der Waals surface area contributed by atoms with Gasteiger partial charge in [0.15, 0.2) is 0 Å². The van der Waals surface area contributed by atoms with Crippen molar-refractivity contribution in [3.63, 3.8) is 0 Å². The number of methoxy groups -OCH3 is 1. The van der Waals surface area contributed by atoms with E-state index in [-0.39, 0.29) is 11.4 Å². The first-order valence-corrected chi connectivity index (χ1v) is 8.27. The Morgan fingerprint density at radius 3 is 2.42 bits per heavy atom. The molecule has 0 fully saturated rings. The fourth-order valence-corrected chi connectivity index (χ4v) is 2.47. The molecule has 3 aromatic rings. The van der Waals surface area contributed by atoms with E-state index >= 15 is 0 Å². The van der Waals surface area contributed by atoms with E-state index in [1.54, 1.807) is 19.2 Å². The molecule has 2 aromatic carbocycles. The molecule has 0 aliphatic rings. The number of carbonyl (C=O) groups excluding carboxylic acids is 1. The molecule has 1 heterocycles. The van der Waals surface area contributed by atoms with Crippen LogP contribution in [0.5, 0.6) is 5.75 Å². The number of hydrogen-bond donors (Lipinski definition) is 1. The number of benzene rings is 2. The van der Waals surface area contributed by atoms with Crippen LogP contribution in [0.4, 0.5) is 0 Å². The summed E-state index contributed by atoms with van der Waals surface area (Å²) in [7, 11) is 1.61. The zero-order valence-corrected chi connectivity index (χ0v) is 15.2. The van der Waals surface area contributed by atoms with Crippen LogP contribution in [0.1, 0.15) is 31.1 Å². The lowest BCUT2D eigenvalue weighted by Gasteiger charge is -2.21. The highest BCUT2D eigenvalue weighted by Gasteiger charge is 2.21. The first-order chi connectivity index (χ1) is 12.4. The third kappa shape index (κ3) is 3.91. The first-order valence-electron chi connectivity index (χ1n) is 8.27. The normalized spacial score (nSPS) is 11.2. The van der Waals surface area contributed by atoms with Crippen molar-refractivity contribution in [2.24, 2.45) is 0 Å². The van der Waals surface area contributed by atoms with E-state index in [9.17, 15) is 4.79 Å². The third-order valence-corrected chi connectivity index (χ3v) is 3.66. The molecule has 6 nitrogen and oxygen atoms in total. The summed E-state index contributed by atoms with van der Waals surface area (Å²) < 4.78 is 10.6. The number of carbonyl (C=O) groups is 1. The Balaban J connectivity index is 1.93. The van der Waals surface area contributed by atoms with Crippen molar-refractivity contribution in [1.82, 2.24) is 15.5 Å². The van der Waals surface area contributed by atoms with Crippen molar-refractivity contribution < 1.29 is 14.1 Å². The third-order valence-electron chi connectivity index (χ3n) is 3.66. The molecule has 0 saturated heterocycles. The Hall–Kier alpha value is -3.15. The lowest BCUT2D eigenvalue weighted by molar-refractivity contribution is 0.0920. The minimum Gasteiger partial charge on any atom is -0.497 e. The molecular weight excluding hydrogens is 330 g/mol. The molecule has 0 aliphatic heterocycles. The van der Waals surface area contributed by atoms with Crippen LogP contribution in [0.25, 0.3) is 22.8 Å². The molecule has 0 saturated carbocycles. The molecule has 1 aromatic heterocycles. The van der Waals surface area contributed by atoms with E-state index in [1.165, 1.54) is 0 Å². The number of nitrogens with one attached hydrogen (secondary N) is 1. The van der Waals surface area contributed by atoms with E-state index in [4.69, 9.17) is 9.26 Å². The number of amides is 1. The number of hydrogen-bond acceptors (Lipinski definition) is 5. The lowest BCUT2D eigenvalue weighted by atomic mass is 10.0. The largest absolute Gasteiger partial charge is 0.497 e. The summed E-state index contributed by atoms with van der Waals surface area (Å²) in [6.07, 6.45) is 0. The number of ether oxygens (including phenoxy) is 1. The molecule has 1 amide bonds. The second-order valence-electron chi connectivity index (χ2n) is 6.90. The number of rotatable bonds is 4. The molecule has 6 heteroatoms. The van der Waals surface area contributed by atoms with E-state index in [0.29, 0.717) is 22.8 Å². The number of nitrogens with zero attached hydrogens (tertiary/aromatic N) is 2. The predicted octanol–water partition coefficient (Wildman–Crippen LogP) is 3.94. The Morgan fingerprint density at radius 2 is 1.77 bits per heavy atom. The molecule has 0 spiro atoms. The highest BCUT2D eigenvalue weighted by molar-refractivity contribution is 6.00. The van der Waals surface area contributed by atoms with Crippen molar-refractivity contribution in [3.8, 4) is 28.6 Å². The van der Waals surface area contributed by atoms with E-state index in [2.05, 4.69) is 15.5 Å². The van der Waals surface area contributed by atoms with Crippen molar-refractivity contribution in [2.45, 2.75) is 26.3 Å². The van der Waals surface area contributed by atoms with Gasteiger partial charge in [0.1, 0.15) is 5.75 Å². The van der Waals surface area contributed by atoms with Crippen LogP contribution < -0.4 is 10.1 Å². The van der Waals surface area contributed by atoms with Gasteiger partial charge in [0.2, 0.25) is 5.82 Å². The molecule has 0 radical (unpaired) electrons. The topological polar surface area (TPSA) is 77.2 Å². The average Bonchev–Trinajstić information content (AvgIpc) is 3.10. The molecule has 3 rings (SSSR count). The fourth-order valence-electron chi connectivity index (χ4n) is 2.47. The van der Waals surface area contributed by atoms with E-state index in [0.717, 1.165) is 11.3 Å². The summed E-state index contributed by atoms with van der Waals surface area (Å²) in [5.41, 5.74) is 1.55. The zero-order chi connectivity index (χ0) is 18.7. The maximum Gasteiger partial charge on any atom is 0.259 e. The molecule has 0 unspecified atom stereocenters. The molecule has 134 valence electrons. The second-order valence-corrected chi connectivity index (χ2v) is 6.90. The number of aromatic nitrogens is 2. The summed E-state index contributed by atoms with van der Waals surface area (Å²) in [5, 5.41) is 6.99. The van der Waals surface area contributed by atoms with Crippen molar-refractivity contribution in [1.29, 1.82) is 0 Å². The highest BCUT2D eigenvalue weighted by atomic mass is 16.5. The quantitative estimate of drug-likeness (QED) is 0.770. The summed E-state index contributed by atoms with van der Waals surface area (Å²) in [6, 6.07) is 14.5. The van der Waals surface area contributed by atoms with Gasteiger partial charge in [-0.1, -0.05) is 17.3 Å². The summed E-state index contributed by atoms with van der Waals surface area (Å²) in [6.45, 7) is 5.80. The Kier molecular flexibility index (Phi) is 4.75. The second kappa shape index (κ2) is 7.00. The van der Waals surface area contributed by atoms with Crippen LogP contribution >= 0.6 is 0 Å². The van der Waals surface area contributed by atoms with Crippen LogP contribution in [-0.4, -0.2) is 28.7 Å². The fraction of sp³-hybridized carbons (Fsp3) is 0.250. The first kappa shape index (κ1) is 17.7. The van der Waals surface area contributed by atoms with Gasteiger partial charge in [0, 0.05) is 11.1 Å². The SMILES string of the molecule is COc1ccc(-c2noc(-c3ccccc3C(=O)NC(C)(C)C)n2)cc1. The lowest BCUT2D eigenvalue weighted by Crippen LogP contribution is -2.40. The van der Waals surface area contributed by atoms with Crippen molar-refractivity contribution >= 4 is 5.91 Å². The highest BCUT2D eigenvalue weighted by Crippen LogP contribution is 2.26. The standard InChI is InChI=1S/C20H21N3O3/c1-20(2,3)22-18(24)15-7-5-6-8-16(15)19-21-17(23-26-19)13-9-11-14(25-4)12-10-13/h5-12H,1-4H3,(H,22,24). The molecule has 0 bridgehead atoms. The van der Waals surface area contributed by atoms with Gasteiger partial charge in [0.25, 0.3) is 11.8 Å². The van der Waals surface area contributed by atoms with Crippen LogP contribution in [0.3, 0.4) is 0 Å². The van der Waals surface area contributed by atoms with Gasteiger partial charge in [-0.15, -0.1) is 0 Å². The Morgan fingerprint density at radius 1 is 1.08 bits per heavy atom. The van der Waals surface area contributed by atoms with Gasteiger partial charge >= 0.3 is 0 Å². The maximum atomic E-state index is 12.6. The summed E-state index contributed by atoms with van der Waals surface area (Å²) in [4.78, 5) is 17.0. The van der Waals surface area contributed by atoms with Crippen LogP contribution in [0, 0.1) is 0 Å². The average molecular weight is 351 g/mol. The summed E-state index contributed by atoms with van der Waals surface area (Å²) in [5.74, 6) is 1.32. The Bertz CT molecular complexity index is 909. The van der Waals surface area contributed by atoms with Gasteiger partial charge in [-0.3, -0.25) is 4.79 Å².